The van der Waals surface area contributed by atoms with Crippen molar-refractivity contribution in [2.75, 3.05) is 0 Å². The van der Waals surface area contributed by atoms with Gasteiger partial charge in [-0.15, -0.1) is 0 Å². The Balaban J connectivity index is 1.88. The second kappa shape index (κ2) is 3.11. The van der Waals surface area contributed by atoms with E-state index in [1.54, 1.807) is 32.1 Å². The average molecular weight is 304 g/mol. The molecule has 0 aromatic carbocycles. The third kappa shape index (κ3) is 1.45. The third-order valence-corrected chi connectivity index (χ3v) is 5.74. The maximum atomic E-state index is 2.71. The van der Waals surface area contributed by atoms with Gasteiger partial charge in [-0.05, 0) is 61.7 Å². The molecule has 0 nitrogen and oxygen atoms in total. The molecule has 0 heterocycles. The summed E-state index contributed by atoms with van der Waals surface area (Å²) in [5.41, 5.74) is 0. The summed E-state index contributed by atoms with van der Waals surface area (Å²) in [4.78, 5) is 0. The second-order valence-corrected chi connectivity index (χ2v) is 9.30. The third-order valence-electron chi connectivity index (χ3n) is 5.02. The number of hydrogen-bond acceptors (Lipinski definition) is 0. The Hall–Kier alpha value is 0.730. The van der Waals surface area contributed by atoms with Crippen LogP contribution in [0.5, 0.6) is 0 Å². The van der Waals surface area contributed by atoms with Gasteiger partial charge in [0.25, 0.3) is 0 Å². The quantitative estimate of drug-likeness (QED) is 0.501. The van der Waals surface area contributed by atoms with E-state index in [0.717, 1.165) is 29.6 Å². The lowest BCUT2D eigenvalue weighted by Gasteiger charge is -2.57. The SMILES string of the molecule is CC(C)(I)C1C2CC3CC(C2)CC1C3. The van der Waals surface area contributed by atoms with Crippen molar-refractivity contribution < 1.29 is 0 Å². The maximum absolute atomic E-state index is 2.71. The van der Waals surface area contributed by atoms with Crippen LogP contribution in [-0.4, -0.2) is 3.42 Å². The van der Waals surface area contributed by atoms with Gasteiger partial charge in [-0.2, -0.15) is 0 Å². The van der Waals surface area contributed by atoms with Crippen LogP contribution in [0.25, 0.3) is 0 Å². The second-order valence-electron chi connectivity index (χ2n) is 6.52. The first-order valence-electron chi connectivity index (χ1n) is 6.23. The van der Waals surface area contributed by atoms with Crippen molar-refractivity contribution in [1.82, 2.24) is 0 Å². The van der Waals surface area contributed by atoms with Gasteiger partial charge in [-0.25, -0.2) is 0 Å². The molecule has 0 saturated heterocycles. The molecule has 4 aliphatic carbocycles. The highest BCUT2D eigenvalue weighted by Crippen LogP contribution is 2.60. The average Bonchev–Trinajstić information content (AvgIpc) is 1.97. The molecule has 4 fully saturated rings. The lowest BCUT2D eigenvalue weighted by atomic mass is 9.50. The lowest BCUT2D eigenvalue weighted by Crippen LogP contribution is -2.50. The molecular weight excluding hydrogens is 283 g/mol. The van der Waals surface area contributed by atoms with E-state index >= 15 is 0 Å². The molecule has 0 unspecified atom stereocenters. The van der Waals surface area contributed by atoms with Gasteiger partial charge >= 0.3 is 0 Å². The first kappa shape index (κ1) is 9.92. The van der Waals surface area contributed by atoms with E-state index in [1.807, 2.05) is 0 Å². The summed E-state index contributed by atoms with van der Waals surface area (Å²) in [5.74, 6) is 5.49. The summed E-state index contributed by atoms with van der Waals surface area (Å²) in [6.07, 6.45) is 7.88. The lowest BCUT2D eigenvalue weighted by molar-refractivity contribution is -0.0453. The van der Waals surface area contributed by atoms with E-state index < -0.39 is 0 Å². The fourth-order valence-electron chi connectivity index (χ4n) is 5.05. The van der Waals surface area contributed by atoms with Crippen molar-refractivity contribution in [2.24, 2.45) is 29.6 Å². The molecule has 4 rings (SSSR count). The largest absolute Gasteiger partial charge is 0.0792 e. The molecule has 0 N–H and O–H groups in total. The Morgan fingerprint density at radius 3 is 1.64 bits per heavy atom. The zero-order valence-electron chi connectivity index (χ0n) is 9.30. The molecule has 0 radical (unpaired) electrons. The summed E-state index contributed by atoms with van der Waals surface area (Å²) in [5, 5.41) is 0. The summed E-state index contributed by atoms with van der Waals surface area (Å²) in [7, 11) is 0. The van der Waals surface area contributed by atoms with Gasteiger partial charge in [0.15, 0.2) is 0 Å². The normalized spacial score (nSPS) is 51.2. The summed E-state index contributed by atoms with van der Waals surface area (Å²) >= 11 is 2.71. The van der Waals surface area contributed by atoms with E-state index in [2.05, 4.69) is 36.4 Å². The smallest absolute Gasteiger partial charge is 0.0199 e. The molecule has 0 atom stereocenters. The fourth-order valence-corrected chi connectivity index (χ4v) is 6.06. The molecule has 0 aromatic rings. The van der Waals surface area contributed by atoms with Gasteiger partial charge in [0.05, 0.1) is 0 Å². The molecule has 0 aromatic heterocycles. The van der Waals surface area contributed by atoms with Gasteiger partial charge in [0.1, 0.15) is 0 Å². The first-order chi connectivity index (χ1) is 6.54. The Morgan fingerprint density at radius 2 is 1.29 bits per heavy atom. The minimum atomic E-state index is 0.542. The van der Waals surface area contributed by atoms with E-state index in [1.165, 1.54) is 0 Å². The van der Waals surface area contributed by atoms with Crippen molar-refractivity contribution in [3.8, 4) is 0 Å². The van der Waals surface area contributed by atoms with Crippen molar-refractivity contribution in [2.45, 2.75) is 49.4 Å². The molecular formula is C13H21I. The van der Waals surface area contributed by atoms with Crippen LogP contribution in [0.4, 0.5) is 0 Å². The van der Waals surface area contributed by atoms with Gasteiger partial charge < -0.3 is 0 Å². The number of hydrogen-bond donors (Lipinski definition) is 0. The Bertz CT molecular complexity index is 210. The first-order valence-corrected chi connectivity index (χ1v) is 7.31. The monoisotopic (exact) mass is 304 g/mol. The molecule has 0 aliphatic heterocycles. The van der Waals surface area contributed by atoms with Gasteiger partial charge in [-0.3, -0.25) is 0 Å². The van der Waals surface area contributed by atoms with Crippen LogP contribution in [0, 0.1) is 29.6 Å². The van der Waals surface area contributed by atoms with Crippen LogP contribution < -0.4 is 0 Å². The van der Waals surface area contributed by atoms with E-state index in [0.29, 0.717) is 3.42 Å². The fraction of sp³-hybridized carbons (Fsp3) is 1.00. The number of halogens is 1. The summed E-state index contributed by atoms with van der Waals surface area (Å²) in [6, 6.07) is 0. The highest BCUT2D eigenvalue weighted by atomic mass is 127. The minimum Gasteiger partial charge on any atom is -0.0792 e. The molecule has 14 heavy (non-hydrogen) atoms. The van der Waals surface area contributed by atoms with Crippen LogP contribution in [-0.2, 0) is 0 Å². The molecule has 4 saturated carbocycles. The topological polar surface area (TPSA) is 0 Å². The maximum Gasteiger partial charge on any atom is 0.0199 e. The van der Waals surface area contributed by atoms with Crippen LogP contribution in [0.1, 0.15) is 46.0 Å². The predicted molar refractivity (Wildman–Crippen MR) is 68.6 cm³/mol. The Labute approximate surface area is 101 Å². The van der Waals surface area contributed by atoms with Crippen molar-refractivity contribution in [3.05, 3.63) is 0 Å². The molecule has 0 spiro atoms. The van der Waals surface area contributed by atoms with Crippen molar-refractivity contribution in [1.29, 1.82) is 0 Å². The number of rotatable bonds is 1. The van der Waals surface area contributed by atoms with Crippen molar-refractivity contribution >= 4 is 22.6 Å². The van der Waals surface area contributed by atoms with Crippen LogP contribution in [0.15, 0.2) is 0 Å². The van der Waals surface area contributed by atoms with Crippen LogP contribution in [0.3, 0.4) is 0 Å². The van der Waals surface area contributed by atoms with Crippen LogP contribution in [0.2, 0.25) is 0 Å². The van der Waals surface area contributed by atoms with Crippen molar-refractivity contribution in [3.63, 3.8) is 0 Å². The van der Waals surface area contributed by atoms with Gasteiger partial charge in [0, 0.05) is 3.42 Å². The molecule has 80 valence electrons. The molecule has 0 amide bonds. The van der Waals surface area contributed by atoms with E-state index in [-0.39, 0.29) is 0 Å². The van der Waals surface area contributed by atoms with Crippen LogP contribution >= 0.6 is 22.6 Å². The zero-order chi connectivity index (χ0) is 9.92. The van der Waals surface area contributed by atoms with E-state index in [9.17, 15) is 0 Å². The predicted octanol–water partition coefficient (Wildman–Crippen LogP) is 4.27. The molecule has 1 heteroatoms. The molecule has 4 aliphatic rings. The zero-order valence-corrected chi connectivity index (χ0v) is 11.5. The van der Waals surface area contributed by atoms with Gasteiger partial charge in [0.2, 0.25) is 0 Å². The Kier molecular flexibility index (Phi) is 2.21. The van der Waals surface area contributed by atoms with Gasteiger partial charge in [-0.1, -0.05) is 36.4 Å². The molecule has 4 bridgehead atoms. The highest BCUT2D eigenvalue weighted by molar-refractivity contribution is 14.1. The number of alkyl halides is 1. The highest BCUT2D eigenvalue weighted by Gasteiger charge is 2.51. The Morgan fingerprint density at radius 1 is 0.857 bits per heavy atom. The standard InChI is InChI=1S/C13H21I/c1-13(2,14)12-10-4-8-3-9(6-10)7-11(12)5-8/h8-12H,3-7H2,1-2H3. The summed E-state index contributed by atoms with van der Waals surface area (Å²) in [6.45, 7) is 4.92. The summed E-state index contributed by atoms with van der Waals surface area (Å²) < 4.78 is 0.542. The minimum absolute atomic E-state index is 0.542. The van der Waals surface area contributed by atoms with E-state index in [4.69, 9.17) is 0 Å².